The van der Waals surface area contributed by atoms with Gasteiger partial charge in [0, 0.05) is 16.5 Å². The number of aliphatic hydroxyl groups excluding tert-OH is 1. The first-order chi connectivity index (χ1) is 8.56. The van der Waals surface area contributed by atoms with Crippen LogP contribution in [0.4, 0.5) is 4.39 Å². The minimum absolute atomic E-state index is 0.279. The zero-order valence-electron chi connectivity index (χ0n) is 9.69. The topological polar surface area (TPSA) is 29.5 Å². The third-order valence-electron chi connectivity index (χ3n) is 2.43. The fourth-order valence-corrected chi connectivity index (χ4v) is 2.92. The summed E-state index contributed by atoms with van der Waals surface area (Å²) < 4.78 is 20.1. The molecule has 0 aliphatic rings. The Bertz CT molecular complexity index is 540. The van der Waals surface area contributed by atoms with Crippen molar-refractivity contribution in [1.82, 2.24) is 0 Å². The summed E-state index contributed by atoms with van der Waals surface area (Å²) in [5.74, 6) is 0.0104. The van der Waals surface area contributed by atoms with Crippen molar-refractivity contribution in [3.63, 3.8) is 0 Å². The molecule has 1 heterocycles. The fraction of sp³-hybridized carbons (Fsp3) is 0.231. The molecule has 0 fully saturated rings. The average molecular weight is 331 g/mol. The number of hydrogen-bond acceptors (Lipinski definition) is 3. The molecule has 5 heteroatoms. The van der Waals surface area contributed by atoms with Crippen LogP contribution < -0.4 is 4.74 Å². The number of halogens is 2. The van der Waals surface area contributed by atoms with Crippen LogP contribution in [0.1, 0.15) is 23.5 Å². The van der Waals surface area contributed by atoms with Crippen LogP contribution in [0.5, 0.6) is 5.75 Å². The number of benzene rings is 1. The summed E-state index contributed by atoms with van der Waals surface area (Å²) in [5.41, 5.74) is 0.279. The Hall–Kier alpha value is -0.910. The average Bonchev–Trinajstić information content (AvgIpc) is 2.72. The van der Waals surface area contributed by atoms with E-state index in [2.05, 4.69) is 15.9 Å². The van der Waals surface area contributed by atoms with Crippen molar-refractivity contribution in [2.45, 2.75) is 19.6 Å². The Morgan fingerprint density at radius 2 is 2.17 bits per heavy atom. The molecule has 2 rings (SSSR count). The zero-order valence-corrected chi connectivity index (χ0v) is 12.1. The summed E-state index contributed by atoms with van der Waals surface area (Å²) in [7, 11) is 0. The van der Waals surface area contributed by atoms with Crippen LogP contribution in [0.3, 0.4) is 0 Å². The van der Waals surface area contributed by atoms with E-state index in [1.165, 1.54) is 13.0 Å². The molecule has 1 atom stereocenters. The molecule has 0 saturated carbocycles. The number of hydrogen-bond donors (Lipinski definition) is 1. The van der Waals surface area contributed by atoms with Gasteiger partial charge in [0.05, 0.1) is 9.89 Å². The Labute approximate surface area is 117 Å². The number of aliphatic hydroxyl groups is 1. The van der Waals surface area contributed by atoms with Gasteiger partial charge in [-0.1, -0.05) is 0 Å². The molecule has 0 saturated heterocycles. The van der Waals surface area contributed by atoms with Gasteiger partial charge in [0.1, 0.15) is 18.2 Å². The van der Waals surface area contributed by atoms with Gasteiger partial charge in [-0.15, -0.1) is 11.3 Å². The van der Waals surface area contributed by atoms with Crippen LogP contribution in [0.15, 0.2) is 34.1 Å². The van der Waals surface area contributed by atoms with Gasteiger partial charge < -0.3 is 9.84 Å². The maximum absolute atomic E-state index is 13.6. The fourth-order valence-electron chi connectivity index (χ4n) is 1.52. The van der Waals surface area contributed by atoms with E-state index in [0.717, 1.165) is 8.66 Å². The minimum atomic E-state index is -0.813. The molecule has 0 bridgehead atoms. The second-order valence-corrected chi connectivity index (χ2v) is 6.40. The molecule has 0 amide bonds. The maximum Gasteiger partial charge on any atom is 0.132 e. The lowest BCUT2D eigenvalue weighted by Crippen LogP contribution is -1.98. The van der Waals surface area contributed by atoms with E-state index in [9.17, 15) is 9.50 Å². The highest BCUT2D eigenvalue weighted by Gasteiger charge is 2.09. The predicted molar refractivity (Wildman–Crippen MR) is 73.4 cm³/mol. The summed E-state index contributed by atoms with van der Waals surface area (Å²) in [6.45, 7) is 1.94. The number of rotatable bonds is 4. The molecule has 1 unspecified atom stereocenters. The molecule has 2 aromatic rings. The molecule has 0 spiro atoms. The summed E-state index contributed by atoms with van der Waals surface area (Å²) in [6, 6.07) is 8.40. The van der Waals surface area contributed by atoms with E-state index in [4.69, 9.17) is 4.74 Å². The van der Waals surface area contributed by atoms with Crippen molar-refractivity contribution in [1.29, 1.82) is 0 Å². The van der Waals surface area contributed by atoms with Crippen LogP contribution in [0.2, 0.25) is 0 Å². The van der Waals surface area contributed by atoms with Crippen molar-refractivity contribution in [3.05, 3.63) is 50.4 Å². The van der Waals surface area contributed by atoms with Gasteiger partial charge in [-0.05, 0) is 47.1 Å². The quantitative estimate of drug-likeness (QED) is 0.906. The molecule has 0 aliphatic heterocycles. The predicted octanol–water partition coefficient (Wildman–Crippen LogP) is 4.28. The van der Waals surface area contributed by atoms with E-state index in [0.29, 0.717) is 12.4 Å². The maximum atomic E-state index is 13.6. The third kappa shape index (κ3) is 3.31. The first-order valence-electron chi connectivity index (χ1n) is 5.41. The summed E-state index contributed by atoms with van der Waals surface area (Å²) in [5, 5.41) is 9.32. The van der Waals surface area contributed by atoms with Gasteiger partial charge in [-0.3, -0.25) is 0 Å². The van der Waals surface area contributed by atoms with Crippen LogP contribution in [-0.2, 0) is 6.61 Å². The van der Waals surface area contributed by atoms with Gasteiger partial charge in [0.25, 0.3) is 0 Å². The number of thiophene rings is 1. The Kier molecular flexibility index (Phi) is 4.37. The van der Waals surface area contributed by atoms with Crippen LogP contribution >= 0.6 is 27.3 Å². The highest BCUT2D eigenvalue weighted by atomic mass is 79.9. The normalized spacial score (nSPS) is 12.4. The number of ether oxygens (including phenoxy) is 1. The van der Waals surface area contributed by atoms with Crippen molar-refractivity contribution in [2.75, 3.05) is 0 Å². The van der Waals surface area contributed by atoms with Gasteiger partial charge in [0.2, 0.25) is 0 Å². The molecule has 2 nitrogen and oxygen atoms in total. The molecule has 1 N–H and O–H groups in total. The smallest absolute Gasteiger partial charge is 0.132 e. The van der Waals surface area contributed by atoms with E-state index < -0.39 is 11.9 Å². The lowest BCUT2D eigenvalue weighted by atomic mass is 10.1. The zero-order chi connectivity index (χ0) is 13.1. The Balaban J connectivity index is 2.04. The summed E-state index contributed by atoms with van der Waals surface area (Å²) in [6.07, 6.45) is -0.813. The summed E-state index contributed by atoms with van der Waals surface area (Å²) >= 11 is 4.95. The lowest BCUT2D eigenvalue weighted by Gasteiger charge is -2.09. The highest BCUT2D eigenvalue weighted by molar-refractivity contribution is 9.11. The van der Waals surface area contributed by atoms with Crippen molar-refractivity contribution < 1.29 is 14.2 Å². The SMILES string of the molecule is CC(O)c1ccc(OCc2ccc(Br)s2)cc1F. The molecular formula is C13H12BrFO2S. The first kappa shape index (κ1) is 13.5. The molecule has 1 aromatic carbocycles. The van der Waals surface area contributed by atoms with Gasteiger partial charge in [0.15, 0.2) is 0 Å². The molecule has 0 radical (unpaired) electrons. The van der Waals surface area contributed by atoms with Crippen LogP contribution in [-0.4, -0.2) is 5.11 Å². The Morgan fingerprint density at radius 1 is 1.39 bits per heavy atom. The molecule has 0 aliphatic carbocycles. The van der Waals surface area contributed by atoms with E-state index >= 15 is 0 Å². The molecule has 96 valence electrons. The first-order valence-corrected chi connectivity index (χ1v) is 7.02. The second kappa shape index (κ2) is 5.82. The second-order valence-electron chi connectivity index (χ2n) is 3.85. The van der Waals surface area contributed by atoms with Gasteiger partial charge in [-0.25, -0.2) is 4.39 Å². The molecule has 1 aromatic heterocycles. The third-order valence-corrected chi connectivity index (χ3v) is 4.03. The highest BCUT2D eigenvalue weighted by Crippen LogP contribution is 2.25. The van der Waals surface area contributed by atoms with E-state index in [1.807, 2.05) is 12.1 Å². The lowest BCUT2D eigenvalue weighted by molar-refractivity contribution is 0.194. The Morgan fingerprint density at radius 3 is 2.72 bits per heavy atom. The summed E-state index contributed by atoms with van der Waals surface area (Å²) in [4.78, 5) is 1.06. The largest absolute Gasteiger partial charge is 0.488 e. The van der Waals surface area contributed by atoms with E-state index in [1.54, 1.807) is 23.5 Å². The molecule has 18 heavy (non-hydrogen) atoms. The standard InChI is InChI=1S/C13H12BrFO2S/c1-8(16)11-4-2-9(6-12(11)15)17-7-10-3-5-13(14)18-10/h2-6,8,16H,7H2,1H3. The van der Waals surface area contributed by atoms with Crippen molar-refractivity contribution in [2.24, 2.45) is 0 Å². The van der Waals surface area contributed by atoms with Crippen molar-refractivity contribution >= 4 is 27.3 Å². The van der Waals surface area contributed by atoms with Gasteiger partial charge >= 0.3 is 0 Å². The van der Waals surface area contributed by atoms with Crippen LogP contribution in [0.25, 0.3) is 0 Å². The minimum Gasteiger partial charge on any atom is -0.488 e. The van der Waals surface area contributed by atoms with Gasteiger partial charge in [-0.2, -0.15) is 0 Å². The van der Waals surface area contributed by atoms with Crippen molar-refractivity contribution in [3.8, 4) is 5.75 Å². The monoisotopic (exact) mass is 330 g/mol. The van der Waals surface area contributed by atoms with E-state index in [-0.39, 0.29) is 5.56 Å². The molecular weight excluding hydrogens is 319 g/mol. The van der Waals surface area contributed by atoms with Crippen LogP contribution in [0, 0.1) is 5.82 Å².